The molecule has 88 valence electrons. The van der Waals surface area contributed by atoms with Crippen LogP contribution >= 0.6 is 15.9 Å². The van der Waals surface area contributed by atoms with Crippen LogP contribution in [0, 0.1) is 6.92 Å². The fourth-order valence-corrected chi connectivity index (χ4v) is 1.56. The van der Waals surface area contributed by atoms with Gasteiger partial charge in [0.1, 0.15) is 0 Å². The van der Waals surface area contributed by atoms with E-state index in [9.17, 15) is 4.79 Å². The van der Waals surface area contributed by atoms with E-state index in [4.69, 9.17) is 0 Å². The molecule has 0 spiro atoms. The molecule has 1 rings (SSSR count). The molecule has 1 atom stereocenters. The Labute approximate surface area is 106 Å². The predicted molar refractivity (Wildman–Crippen MR) is 70.9 cm³/mol. The van der Waals surface area contributed by atoms with Crippen molar-refractivity contribution in [2.75, 3.05) is 5.33 Å². The van der Waals surface area contributed by atoms with Gasteiger partial charge in [-0.25, -0.2) is 0 Å². The molecule has 1 aromatic rings. The van der Waals surface area contributed by atoms with Crippen LogP contribution in [0.3, 0.4) is 0 Å². The minimum atomic E-state index is 0.118. The maximum absolute atomic E-state index is 11.5. The zero-order chi connectivity index (χ0) is 12.0. The first-order chi connectivity index (χ1) is 7.61. The number of hydrogen-bond donors (Lipinski definition) is 1. The molecule has 0 aliphatic heterocycles. The Balaban J connectivity index is 2.34. The topological polar surface area (TPSA) is 29.1 Å². The second kappa shape index (κ2) is 6.69. The number of benzene rings is 1. The van der Waals surface area contributed by atoms with Gasteiger partial charge in [0.05, 0.1) is 0 Å². The monoisotopic (exact) mass is 283 g/mol. The largest absolute Gasteiger partial charge is 0.353 e. The van der Waals surface area contributed by atoms with Gasteiger partial charge < -0.3 is 5.32 Å². The molecule has 0 fully saturated rings. The van der Waals surface area contributed by atoms with Crippen molar-refractivity contribution < 1.29 is 4.79 Å². The van der Waals surface area contributed by atoms with Crippen LogP contribution < -0.4 is 5.32 Å². The predicted octanol–water partition coefficient (Wildman–Crippen LogP) is 2.83. The van der Waals surface area contributed by atoms with E-state index in [0.29, 0.717) is 6.42 Å². The lowest BCUT2D eigenvalue weighted by Gasteiger charge is -2.10. The van der Waals surface area contributed by atoms with Crippen LogP contribution in [-0.2, 0) is 11.2 Å². The highest BCUT2D eigenvalue weighted by Gasteiger charge is 2.05. The molecule has 0 bridgehead atoms. The van der Waals surface area contributed by atoms with Gasteiger partial charge in [-0.3, -0.25) is 4.79 Å². The van der Waals surface area contributed by atoms with Crippen LogP contribution in [0.4, 0.5) is 0 Å². The Kier molecular flexibility index (Phi) is 5.53. The molecule has 0 aliphatic carbocycles. The summed E-state index contributed by atoms with van der Waals surface area (Å²) < 4.78 is 0. The van der Waals surface area contributed by atoms with Crippen molar-refractivity contribution in [3.63, 3.8) is 0 Å². The minimum absolute atomic E-state index is 0.118. The van der Waals surface area contributed by atoms with Crippen LogP contribution in [0.15, 0.2) is 24.3 Å². The van der Waals surface area contributed by atoms with Gasteiger partial charge in [0.2, 0.25) is 5.91 Å². The van der Waals surface area contributed by atoms with E-state index in [1.165, 1.54) is 11.1 Å². The average molecular weight is 284 g/mol. The van der Waals surface area contributed by atoms with Crippen molar-refractivity contribution in [2.24, 2.45) is 0 Å². The molecule has 0 aromatic heterocycles. The third-order valence-corrected chi connectivity index (χ3v) is 3.37. The highest BCUT2D eigenvalue weighted by molar-refractivity contribution is 9.09. The molecule has 1 N–H and O–H groups in total. The molecule has 0 aliphatic rings. The normalized spacial score (nSPS) is 12.2. The summed E-state index contributed by atoms with van der Waals surface area (Å²) in [5.74, 6) is 0.118. The fourth-order valence-electron chi connectivity index (χ4n) is 1.40. The first-order valence-corrected chi connectivity index (χ1v) is 6.65. The van der Waals surface area contributed by atoms with E-state index in [-0.39, 0.29) is 11.9 Å². The fraction of sp³-hybridized carbons (Fsp3) is 0.462. The Morgan fingerprint density at radius 1 is 1.38 bits per heavy atom. The van der Waals surface area contributed by atoms with E-state index >= 15 is 0 Å². The first kappa shape index (κ1) is 13.2. The lowest BCUT2D eigenvalue weighted by Crippen LogP contribution is -2.33. The number of amides is 1. The summed E-state index contributed by atoms with van der Waals surface area (Å²) in [6.07, 6.45) is 1.36. The van der Waals surface area contributed by atoms with Gasteiger partial charge in [-0.1, -0.05) is 45.8 Å². The van der Waals surface area contributed by atoms with E-state index in [0.717, 1.165) is 11.8 Å². The number of carbonyl (C=O) groups is 1. The SMILES string of the molecule is Cc1ccc(CCC(=O)NC(C)CBr)cc1. The van der Waals surface area contributed by atoms with Crippen molar-refractivity contribution >= 4 is 21.8 Å². The molecule has 3 heteroatoms. The van der Waals surface area contributed by atoms with Gasteiger partial charge in [0, 0.05) is 17.8 Å². The second-order valence-electron chi connectivity index (χ2n) is 4.11. The summed E-state index contributed by atoms with van der Waals surface area (Å²) in [6.45, 7) is 4.05. The van der Waals surface area contributed by atoms with E-state index < -0.39 is 0 Å². The molecular formula is C13H18BrNO. The smallest absolute Gasteiger partial charge is 0.220 e. The van der Waals surface area contributed by atoms with Gasteiger partial charge in [-0.2, -0.15) is 0 Å². The van der Waals surface area contributed by atoms with Gasteiger partial charge in [-0.15, -0.1) is 0 Å². The molecule has 1 unspecified atom stereocenters. The molecule has 0 heterocycles. The number of alkyl halides is 1. The third kappa shape index (κ3) is 4.79. The standard InChI is InChI=1S/C13H18BrNO/c1-10-3-5-12(6-4-10)7-8-13(16)15-11(2)9-14/h3-6,11H,7-9H2,1-2H3,(H,15,16). The Morgan fingerprint density at radius 2 is 2.00 bits per heavy atom. The van der Waals surface area contributed by atoms with Crippen LogP contribution in [-0.4, -0.2) is 17.3 Å². The van der Waals surface area contributed by atoms with Crippen LogP contribution in [0.1, 0.15) is 24.5 Å². The molecule has 2 nitrogen and oxygen atoms in total. The van der Waals surface area contributed by atoms with Gasteiger partial charge in [0.15, 0.2) is 0 Å². The molecule has 0 saturated carbocycles. The maximum Gasteiger partial charge on any atom is 0.220 e. The number of rotatable bonds is 5. The Hall–Kier alpha value is -0.830. The Morgan fingerprint density at radius 3 is 2.56 bits per heavy atom. The lowest BCUT2D eigenvalue weighted by atomic mass is 10.1. The van der Waals surface area contributed by atoms with Crippen molar-refractivity contribution in [3.8, 4) is 0 Å². The molecular weight excluding hydrogens is 266 g/mol. The highest BCUT2D eigenvalue weighted by atomic mass is 79.9. The number of nitrogens with one attached hydrogen (secondary N) is 1. The minimum Gasteiger partial charge on any atom is -0.353 e. The van der Waals surface area contributed by atoms with Crippen molar-refractivity contribution in [2.45, 2.75) is 32.7 Å². The van der Waals surface area contributed by atoms with Crippen LogP contribution in [0.2, 0.25) is 0 Å². The molecule has 0 radical (unpaired) electrons. The summed E-state index contributed by atoms with van der Waals surface area (Å²) >= 11 is 3.33. The second-order valence-corrected chi connectivity index (χ2v) is 4.76. The Bertz CT molecular complexity index is 334. The quantitative estimate of drug-likeness (QED) is 0.828. The van der Waals surface area contributed by atoms with Crippen molar-refractivity contribution in [1.29, 1.82) is 0 Å². The number of aryl methyl sites for hydroxylation is 2. The first-order valence-electron chi connectivity index (χ1n) is 5.52. The summed E-state index contributed by atoms with van der Waals surface area (Å²) in [5, 5.41) is 3.72. The van der Waals surface area contributed by atoms with Crippen molar-refractivity contribution in [3.05, 3.63) is 35.4 Å². The molecule has 16 heavy (non-hydrogen) atoms. The van der Waals surface area contributed by atoms with Gasteiger partial charge >= 0.3 is 0 Å². The van der Waals surface area contributed by atoms with E-state index in [1.807, 2.05) is 6.92 Å². The van der Waals surface area contributed by atoms with Crippen LogP contribution in [0.5, 0.6) is 0 Å². The van der Waals surface area contributed by atoms with Gasteiger partial charge in [-0.05, 0) is 25.8 Å². The summed E-state index contributed by atoms with van der Waals surface area (Å²) in [4.78, 5) is 11.5. The number of halogens is 1. The third-order valence-electron chi connectivity index (χ3n) is 2.40. The van der Waals surface area contributed by atoms with E-state index in [2.05, 4.69) is 52.4 Å². The highest BCUT2D eigenvalue weighted by Crippen LogP contribution is 2.05. The molecule has 1 aromatic carbocycles. The molecule has 0 saturated heterocycles. The zero-order valence-corrected chi connectivity index (χ0v) is 11.4. The average Bonchev–Trinajstić information content (AvgIpc) is 2.28. The summed E-state index contributed by atoms with van der Waals surface area (Å²) in [5.41, 5.74) is 2.47. The number of carbonyl (C=O) groups excluding carboxylic acids is 1. The number of hydrogen-bond acceptors (Lipinski definition) is 1. The van der Waals surface area contributed by atoms with Crippen molar-refractivity contribution in [1.82, 2.24) is 5.32 Å². The van der Waals surface area contributed by atoms with Crippen LogP contribution in [0.25, 0.3) is 0 Å². The molecule has 1 amide bonds. The maximum atomic E-state index is 11.5. The summed E-state index contributed by atoms with van der Waals surface area (Å²) in [7, 11) is 0. The summed E-state index contributed by atoms with van der Waals surface area (Å²) in [6, 6.07) is 8.51. The van der Waals surface area contributed by atoms with E-state index in [1.54, 1.807) is 0 Å². The lowest BCUT2D eigenvalue weighted by molar-refractivity contribution is -0.121. The van der Waals surface area contributed by atoms with Gasteiger partial charge in [0.25, 0.3) is 0 Å². The zero-order valence-electron chi connectivity index (χ0n) is 9.79.